The first-order valence-electron chi connectivity index (χ1n) is 12.1. The maximum absolute atomic E-state index is 13.8. The Morgan fingerprint density at radius 1 is 0.921 bits per heavy atom. The lowest BCUT2D eigenvalue weighted by atomic mass is 10.00. The Labute approximate surface area is 223 Å². The van der Waals surface area contributed by atoms with E-state index in [2.05, 4.69) is 15.5 Å². The zero-order chi connectivity index (χ0) is 25.9. The molecule has 0 saturated carbocycles. The van der Waals surface area contributed by atoms with Gasteiger partial charge in [-0.2, -0.15) is 10.2 Å². The Hall–Kier alpha value is -4.88. The van der Waals surface area contributed by atoms with Gasteiger partial charge in [0.1, 0.15) is 11.4 Å². The Morgan fingerprint density at radius 3 is 2.50 bits per heavy atom. The van der Waals surface area contributed by atoms with Crippen LogP contribution in [0.5, 0.6) is 0 Å². The second-order valence-corrected chi connectivity index (χ2v) is 9.74. The molecule has 0 bridgehead atoms. The van der Waals surface area contributed by atoms with E-state index in [1.54, 1.807) is 17.1 Å². The highest BCUT2D eigenvalue weighted by Gasteiger charge is 2.22. The molecule has 0 spiro atoms. The number of aryl methyl sites for hydroxylation is 1. The highest BCUT2D eigenvalue weighted by atomic mass is 32.1. The fourth-order valence-corrected chi connectivity index (χ4v) is 4.82. The number of hydrogen-bond donors (Lipinski definition) is 1. The van der Waals surface area contributed by atoms with E-state index in [4.69, 9.17) is 5.10 Å². The van der Waals surface area contributed by atoms with Crippen molar-refractivity contribution in [3.8, 4) is 17.1 Å². The number of nitrogens with zero attached hydrogens (tertiary/aromatic N) is 4. The van der Waals surface area contributed by atoms with Crippen LogP contribution in [0.4, 0.5) is 5.13 Å². The molecule has 4 aromatic carbocycles. The maximum Gasteiger partial charge on any atom is 0.203 e. The van der Waals surface area contributed by atoms with Crippen molar-refractivity contribution in [2.75, 3.05) is 5.43 Å². The summed E-state index contributed by atoms with van der Waals surface area (Å²) in [6, 6.07) is 31.6. The SMILES string of the molecule is Cc1ccc(C=NNc2nc(-c3nn(-c4ccccc4)cc3C(=O)c3ccc4ccccc4c3)cs2)cc1. The lowest BCUT2D eigenvalue weighted by Gasteiger charge is -2.03. The number of carbonyl (C=O) groups is 1. The molecule has 0 unspecified atom stereocenters. The summed E-state index contributed by atoms with van der Waals surface area (Å²) in [6.45, 7) is 2.05. The summed E-state index contributed by atoms with van der Waals surface area (Å²) in [5.74, 6) is -0.104. The summed E-state index contributed by atoms with van der Waals surface area (Å²) >= 11 is 1.41. The van der Waals surface area contributed by atoms with E-state index in [9.17, 15) is 4.79 Å². The van der Waals surface area contributed by atoms with Gasteiger partial charge in [0.25, 0.3) is 0 Å². The van der Waals surface area contributed by atoms with Crippen molar-refractivity contribution in [2.45, 2.75) is 6.92 Å². The van der Waals surface area contributed by atoms with Gasteiger partial charge in [0, 0.05) is 17.1 Å². The first-order chi connectivity index (χ1) is 18.6. The van der Waals surface area contributed by atoms with Crippen LogP contribution in [0.3, 0.4) is 0 Å². The van der Waals surface area contributed by atoms with Gasteiger partial charge >= 0.3 is 0 Å². The molecule has 0 aliphatic carbocycles. The third kappa shape index (κ3) is 4.87. The van der Waals surface area contributed by atoms with Crippen molar-refractivity contribution in [3.63, 3.8) is 0 Å². The molecule has 0 aliphatic heterocycles. The molecular weight excluding hydrogens is 490 g/mol. The van der Waals surface area contributed by atoms with Crippen molar-refractivity contribution in [1.82, 2.24) is 14.8 Å². The first-order valence-corrected chi connectivity index (χ1v) is 13.0. The number of hydrazone groups is 1. The quantitative estimate of drug-likeness (QED) is 0.140. The van der Waals surface area contributed by atoms with E-state index >= 15 is 0 Å². The van der Waals surface area contributed by atoms with Crippen LogP contribution in [0.1, 0.15) is 27.0 Å². The second kappa shape index (κ2) is 10.2. The number of anilines is 1. The van der Waals surface area contributed by atoms with Gasteiger partial charge in [0.05, 0.1) is 17.5 Å². The summed E-state index contributed by atoms with van der Waals surface area (Å²) in [4.78, 5) is 18.5. The zero-order valence-corrected chi connectivity index (χ0v) is 21.4. The Balaban J connectivity index is 1.34. The first kappa shape index (κ1) is 23.5. The minimum absolute atomic E-state index is 0.104. The van der Waals surface area contributed by atoms with Crippen LogP contribution >= 0.6 is 11.3 Å². The smallest absolute Gasteiger partial charge is 0.203 e. The molecule has 0 saturated heterocycles. The van der Waals surface area contributed by atoms with Crippen LogP contribution in [0.25, 0.3) is 27.8 Å². The minimum atomic E-state index is -0.104. The van der Waals surface area contributed by atoms with Crippen molar-refractivity contribution >= 4 is 39.2 Å². The summed E-state index contributed by atoms with van der Waals surface area (Å²) < 4.78 is 1.73. The molecule has 0 amide bonds. The van der Waals surface area contributed by atoms with Gasteiger partial charge in [-0.1, -0.05) is 84.4 Å². The fraction of sp³-hybridized carbons (Fsp3) is 0.0323. The molecular formula is C31H23N5OS. The molecule has 0 fully saturated rings. The van der Waals surface area contributed by atoms with Crippen LogP contribution < -0.4 is 5.43 Å². The number of para-hydroxylation sites is 1. The number of aromatic nitrogens is 3. The van der Waals surface area contributed by atoms with E-state index in [1.807, 2.05) is 109 Å². The molecule has 6 nitrogen and oxygen atoms in total. The summed E-state index contributed by atoms with van der Waals surface area (Å²) in [6.07, 6.45) is 3.53. The van der Waals surface area contributed by atoms with Crippen LogP contribution in [0, 0.1) is 6.92 Å². The molecule has 6 aromatic rings. The third-order valence-corrected chi connectivity index (χ3v) is 6.94. The number of fused-ring (bicyclic) bond motifs is 1. The highest BCUT2D eigenvalue weighted by Crippen LogP contribution is 2.30. The average Bonchev–Trinajstić information content (AvgIpc) is 3.62. The molecule has 2 aromatic heterocycles. The lowest BCUT2D eigenvalue weighted by molar-refractivity contribution is 0.103. The van der Waals surface area contributed by atoms with Gasteiger partial charge in [0.15, 0.2) is 5.78 Å². The van der Waals surface area contributed by atoms with E-state index < -0.39 is 0 Å². The molecule has 184 valence electrons. The highest BCUT2D eigenvalue weighted by molar-refractivity contribution is 7.14. The van der Waals surface area contributed by atoms with Gasteiger partial charge in [0.2, 0.25) is 5.13 Å². The molecule has 0 aliphatic rings. The Kier molecular flexibility index (Phi) is 6.34. The average molecular weight is 514 g/mol. The summed E-state index contributed by atoms with van der Waals surface area (Å²) in [5.41, 5.74) is 8.28. The molecule has 2 heterocycles. The largest absolute Gasteiger partial charge is 0.288 e. The Bertz CT molecular complexity index is 1770. The Morgan fingerprint density at radius 2 is 1.68 bits per heavy atom. The van der Waals surface area contributed by atoms with E-state index in [1.165, 1.54) is 16.9 Å². The van der Waals surface area contributed by atoms with Gasteiger partial charge in [-0.05, 0) is 41.5 Å². The summed E-state index contributed by atoms with van der Waals surface area (Å²) in [7, 11) is 0. The van der Waals surface area contributed by atoms with E-state index in [-0.39, 0.29) is 5.78 Å². The molecule has 0 atom stereocenters. The third-order valence-electron chi connectivity index (χ3n) is 6.19. The van der Waals surface area contributed by atoms with Crippen molar-refractivity contribution < 1.29 is 4.79 Å². The topological polar surface area (TPSA) is 72.2 Å². The summed E-state index contributed by atoms with van der Waals surface area (Å²) in [5, 5.41) is 13.7. The van der Waals surface area contributed by atoms with Crippen molar-refractivity contribution in [2.24, 2.45) is 5.10 Å². The molecule has 0 radical (unpaired) electrons. The van der Waals surface area contributed by atoms with Crippen molar-refractivity contribution in [1.29, 1.82) is 0 Å². The van der Waals surface area contributed by atoms with Gasteiger partial charge in [-0.15, -0.1) is 11.3 Å². The second-order valence-electron chi connectivity index (χ2n) is 8.88. The number of rotatable bonds is 7. The molecule has 7 heteroatoms. The predicted molar refractivity (Wildman–Crippen MR) is 154 cm³/mol. The van der Waals surface area contributed by atoms with Crippen LogP contribution in [-0.4, -0.2) is 26.8 Å². The van der Waals surface area contributed by atoms with Gasteiger partial charge in [-0.25, -0.2) is 9.67 Å². The van der Waals surface area contributed by atoms with Gasteiger partial charge < -0.3 is 0 Å². The standard InChI is InChI=1S/C31H23N5OS/c1-21-11-13-22(14-12-21)18-32-34-31-33-28(20-38-31)29-27(19-36(35-29)26-9-3-2-4-10-26)30(37)25-16-15-23-7-5-6-8-24(23)17-25/h2-20H,1H3,(H,33,34). The number of thiazole rings is 1. The number of carbonyl (C=O) groups excluding carboxylic acids is 1. The van der Waals surface area contributed by atoms with Crippen molar-refractivity contribution in [3.05, 3.63) is 131 Å². The fourth-order valence-electron chi connectivity index (χ4n) is 4.18. The number of ketones is 1. The minimum Gasteiger partial charge on any atom is -0.288 e. The number of benzene rings is 4. The van der Waals surface area contributed by atoms with Crippen LogP contribution in [0.15, 0.2) is 114 Å². The van der Waals surface area contributed by atoms with E-state index in [0.29, 0.717) is 27.6 Å². The maximum atomic E-state index is 13.8. The van der Waals surface area contributed by atoms with Gasteiger partial charge in [-0.3, -0.25) is 10.2 Å². The lowest BCUT2D eigenvalue weighted by Crippen LogP contribution is -2.02. The monoisotopic (exact) mass is 513 g/mol. The number of nitrogens with one attached hydrogen (secondary N) is 1. The molecule has 6 rings (SSSR count). The number of hydrogen-bond acceptors (Lipinski definition) is 6. The predicted octanol–water partition coefficient (Wildman–Crippen LogP) is 7.13. The van der Waals surface area contributed by atoms with Crippen LogP contribution in [-0.2, 0) is 0 Å². The zero-order valence-electron chi connectivity index (χ0n) is 20.6. The van der Waals surface area contributed by atoms with Crippen LogP contribution in [0.2, 0.25) is 0 Å². The van der Waals surface area contributed by atoms with E-state index in [0.717, 1.165) is 22.0 Å². The molecule has 38 heavy (non-hydrogen) atoms. The molecule has 1 N–H and O–H groups in total. The normalized spacial score (nSPS) is 11.3.